The van der Waals surface area contributed by atoms with Crippen LogP contribution in [-0.2, 0) is 4.79 Å². The van der Waals surface area contributed by atoms with E-state index in [1.165, 1.54) is 0 Å². The van der Waals surface area contributed by atoms with Crippen LogP contribution in [0.1, 0.15) is 36.6 Å². The number of anilines is 1. The number of carbonyl (C=O) groups is 2. The highest BCUT2D eigenvalue weighted by Gasteiger charge is 2.21. The predicted molar refractivity (Wildman–Crippen MR) is 116 cm³/mol. The molecule has 1 heterocycles. The van der Waals surface area contributed by atoms with Crippen molar-refractivity contribution in [1.29, 1.82) is 0 Å². The van der Waals surface area contributed by atoms with Gasteiger partial charge in [-0.05, 0) is 54.7 Å². The van der Waals surface area contributed by atoms with Crippen LogP contribution in [0, 0.1) is 19.8 Å². The summed E-state index contributed by atoms with van der Waals surface area (Å²) in [6.45, 7) is 8.90. The first-order valence-corrected chi connectivity index (χ1v) is 10.1. The maximum absolute atomic E-state index is 12.4. The van der Waals surface area contributed by atoms with Gasteiger partial charge in [0.25, 0.3) is 0 Å². The normalized spacial score (nSPS) is 13.5. The summed E-state index contributed by atoms with van der Waals surface area (Å²) < 4.78 is 11.2. The Morgan fingerprint density at radius 3 is 2.50 bits per heavy atom. The number of nitrogens with one attached hydrogen (secondary N) is 3. The van der Waals surface area contributed by atoms with Gasteiger partial charge < -0.3 is 25.4 Å². The van der Waals surface area contributed by atoms with Crippen molar-refractivity contribution in [1.82, 2.24) is 10.6 Å². The zero-order chi connectivity index (χ0) is 21.7. The lowest BCUT2D eigenvalue weighted by molar-refractivity contribution is -0.115. The van der Waals surface area contributed by atoms with Crippen molar-refractivity contribution in [2.45, 2.75) is 33.7 Å². The molecule has 160 valence electrons. The van der Waals surface area contributed by atoms with E-state index in [9.17, 15) is 9.59 Å². The topological polar surface area (TPSA) is 88.7 Å². The molecule has 3 amide bonds. The maximum Gasteiger partial charge on any atom is 0.315 e. The third-order valence-electron chi connectivity index (χ3n) is 5.17. The summed E-state index contributed by atoms with van der Waals surface area (Å²) in [4.78, 5) is 24.7. The molecule has 2 aromatic carbocycles. The number of amides is 3. The molecule has 7 nitrogen and oxygen atoms in total. The number of urea groups is 1. The zero-order valence-corrected chi connectivity index (χ0v) is 17.9. The predicted octanol–water partition coefficient (Wildman–Crippen LogP) is 3.71. The van der Waals surface area contributed by atoms with E-state index in [1.807, 2.05) is 64.1 Å². The Hall–Kier alpha value is -3.22. The SMILES string of the molecule is Cc1cccc(NC(=O)CNC(=O)NC(c2ccc3c(c2)OCCO3)C(C)C)c1C. The minimum atomic E-state index is -0.403. The lowest BCUT2D eigenvalue weighted by Crippen LogP contribution is -2.42. The van der Waals surface area contributed by atoms with Gasteiger partial charge in [-0.2, -0.15) is 0 Å². The summed E-state index contributed by atoms with van der Waals surface area (Å²) in [5, 5.41) is 8.43. The minimum Gasteiger partial charge on any atom is -0.486 e. The molecule has 1 aliphatic heterocycles. The van der Waals surface area contributed by atoms with Crippen molar-refractivity contribution in [3.63, 3.8) is 0 Å². The van der Waals surface area contributed by atoms with Crippen molar-refractivity contribution in [2.24, 2.45) is 5.92 Å². The molecule has 0 bridgehead atoms. The lowest BCUT2D eigenvalue weighted by atomic mass is 9.95. The highest BCUT2D eigenvalue weighted by Crippen LogP contribution is 2.34. The van der Waals surface area contributed by atoms with Crippen LogP contribution in [0.5, 0.6) is 11.5 Å². The van der Waals surface area contributed by atoms with Crippen molar-refractivity contribution in [3.8, 4) is 11.5 Å². The fourth-order valence-corrected chi connectivity index (χ4v) is 3.32. The Morgan fingerprint density at radius 2 is 1.77 bits per heavy atom. The van der Waals surface area contributed by atoms with E-state index >= 15 is 0 Å². The molecule has 0 saturated heterocycles. The summed E-state index contributed by atoms with van der Waals surface area (Å²) in [6, 6.07) is 10.8. The Balaban J connectivity index is 1.58. The number of hydrogen-bond acceptors (Lipinski definition) is 4. The minimum absolute atomic E-state index is 0.120. The standard InChI is InChI=1S/C23H29N3O4/c1-14(2)22(17-8-9-19-20(12-17)30-11-10-29-19)26-23(28)24-13-21(27)25-18-7-5-6-15(3)16(18)4/h5-9,12,14,22H,10-11,13H2,1-4H3,(H,25,27)(H2,24,26,28). The van der Waals surface area contributed by atoms with Crippen LogP contribution in [0.4, 0.5) is 10.5 Å². The van der Waals surface area contributed by atoms with Gasteiger partial charge >= 0.3 is 6.03 Å². The molecule has 0 saturated carbocycles. The largest absolute Gasteiger partial charge is 0.486 e. The van der Waals surface area contributed by atoms with Crippen LogP contribution in [-0.4, -0.2) is 31.7 Å². The third kappa shape index (κ3) is 5.23. The van der Waals surface area contributed by atoms with E-state index in [2.05, 4.69) is 16.0 Å². The van der Waals surface area contributed by atoms with Crippen molar-refractivity contribution in [3.05, 3.63) is 53.1 Å². The van der Waals surface area contributed by atoms with Gasteiger partial charge in [0.1, 0.15) is 13.2 Å². The van der Waals surface area contributed by atoms with E-state index in [1.54, 1.807) is 0 Å². The smallest absolute Gasteiger partial charge is 0.315 e. The second-order valence-electron chi connectivity index (χ2n) is 7.75. The highest BCUT2D eigenvalue weighted by molar-refractivity contribution is 5.95. The van der Waals surface area contributed by atoms with Gasteiger partial charge in [-0.15, -0.1) is 0 Å². The number of aryl methyl sites for hydroxylation is 1. The zero-order valence-electron chi connectivity index (χ0n) is 17.9. The van der Waals surface area contributed by atoms with Gasteiger partial charge in [-0.25, -0.2) is 4.79 Å². The molecule has 2 aromatic rings. The van der Waals surface area contributed by atoms with Crippen LogP contribution in [0.2, 0.25) is 0 Å². The van der Waals surface area contributed by atoms with Gasteiger partial charge in [0.05, 0.1) is 12.6 Å². The third-order valence-corrected chi connectivity index (χ3v) is 5.17. The Morgan fingerprint density at radius 1 is 1.03 bits per heavy atom. The number of benzene rings is 2. The molecule has 0 fully saturated rings. The molecule has 0 aliphatic carbocycles. The molecular formula is C23H29N3O4. The molecular weight excluding hydrogens is 382 g/mol. The van der Waals surface area contributed by atoms with E-state index in [-0.39, 0.29) is 24.4 Å². The number of rotatable bonds is 6. The monoisotopic (exact) mass is 411 g/mol. The second kappa shape index (κ2) is 9.52. The average molecular weight is 412 g/mol. The molecule has 3 N–H and O–H groups in total. The summed E-state index contributed by atoms with van der Waals surface area (Å²) in [6.07, 6.45) is 0. The molecule has 1 aliphatic rings. The van der Waals surface area contributed by atoms with Gasteiger partial charge in [0.2, 0.25) is 5.91 Å². The average Bonchev–Trinajstić information content (AvgIpc) is 2.73. The number of ether oxygens (including phenoxy) is 2. The van der Waals surface area contributed by atoms with Crippen molar-refractivity contribution >= 4 is 17.6 Å². The summed E-state index contributed by atoms with van der Waals surface area (Å²) in [5.41, 5.74) is 3.77. The Bertz CT molecular complexity index is 927. The van der Waals surface area contributed by atoms with Crippen LogP contribution in [0.3, 0.4) is 0 Å². The summed E-state index contributed by atoms with van der Waals surface area (Å²) in [5.74, 6) is 1.25. The first kappa shape index (κ1) is 21.5. The molecule has 3 rings (SSSR count). The van der Waals surface area contributed by atoms with Crippen molar-refractivity contribution in [2.75, 3.05) is 25.1 Å². The van der Waals surface area contributed by atoms with E-state index in [0.717, 1.165) is 22.4 Å². The van der Waals surface area contributed by atoms with E-state index < -0.39 is 6.03 Å². The van der Waals surface area contributed by atoms with E-state index in [0.29, 0.717) is 24.7 Å². The fraction of sp³-hybridized carbons (Fsp3) is 0.391. The first-order valence-electron chi connectivity index (χ1n) is 10.1. The highest BCUT2D eigenvalue weighted by atomic mass is 16.6. The Labute approximate surface area is 177 Å². The molecule has 1 atom stereocenters. The lowest BCUT2D eigenvalue weighted by Gasteiger charge is -2.25. The molecule has 7 heteroatoms. The fourth-order valence-electron chi connectivity index (χ4n) is 3.32. The molecule has 0 spiro atoms. The van der Waals surface area contributed by atoms with Gasteiger partial charge in [-0.3, -0.25) is 4.79 Å². The molecule has 30 heavy (non-hydrogen) atoms. The van der Waals surface area contributed by atoms with Gasteiger partial charge in [0.15, 0.2) is 11.5 Å². The summed E-state index contributed by atoms with van der Waals surface area (Å²) in [7, 11) is 0. The quantitative estimate of drug-likeness (QED) is 0.676. The van der Waals surface area contributed by atoms with Crippen LogP contribution < -0.4 is 25.4 Å². The molecule has 1 unspecified atom stereocenters. The van der Waals surface area contributed by atoms with Crippen LogP contribution >= 0.6 is 0 Å². The second-order valence-corrected chi connectivity index (χ2v) is 7.75. The van der Waals surface area contributed by atoms with E-state index in [4.69, 9.17) is 9.47 Å². The van der Waals surface area contributed by atoms with Crippen LogP contribution in [0.25, 0.3) is 0 Å². The van der Waals surface area contributed by atoms with Crippen LogP contribution in [0.15, 0.2) is 36.4 Å². The Kier molecular flexibility index (Phi) is 6.82. The number of carbonyl (C=O) groups excluding carboxylic acids is 2. The van der Waals surface area contributed by atoms with Crippen molar-refractivity contribution < 1.29 is 19.1 Å². The van der Waals surface area contributed by atoms with Gasteiger partial charge in [-0.1, -0.05) is 32.0 Å². The summed E-state index contributed by atoms with van der Waals surface area (Å²) >= 11 is 0. The first-order chi connectivity index (χ1) is 14.3. The maximum atomic E-state index is 12.4. The number of fused-ring (bicyclic) bond motifs is 1. The molecule has 0 radical (unpaired) electrons. The number of hydrogen-bond donors (Lipinski definition) is 3. The van der Waals surface area contributed by atoms with Gasteiger partial charge in [0, 0.05) is 5.69 Å². The molecule has 0 aromatic heterocycles.